The van der Waals surface area contributed by atoms with Gasteiger partial charge in [-0.1, -0.05) is 178 Å². The third kappa shape index (κ3) is 47.5. The third-order valence-corrected chi connectivity index (χ3v) is 11.6. The van der Waals surface area contributed by atoms with Crippen molar-refractivity contribution in [3.8, 4) is 0 Å². The van der Waals surface area contributed by atoms with Crippen LogP contribution in [0.3, 0.4) is 0 Å². The normalized spacial score (nSPS) is 14.0. The van der Waals surface area contributed by atoms with Crippen molar-refractivity contribution < 1.29 is 37.3 Å². The molecule has 0 aliphatic rings. The van der Waals surface area contributed by atoms with Crippen molar-refractivity contribution in [3.63, 3.8) is 0 Å². The Morgan fingerprint density at radius 3 is 1.37 bits per heavy atom. The molecule has 0 rings (SSSR count). The molecule has 1 N–H and O–H groups in total. The largest absolute Gasteiger partial charge is 0.472 e. The van der Waals surface area contributed by atoms with Gasteiger partial charge in [-0.15, -0.1) is 0 Å². The Morgan fingerprint density at radius 2 is 0.917 bits per heavy atom. The SMILES string of the molecule is CCCCCC/C=C\C/C=C\CCCCCCCC(=O)OC(COCCCCCCCCCCCC/C=C\C/C=C\CCCCCCC)COP(=O)(O)OCC[N+](C)(C)C. The predicted molar refractivity (Wildman–Crippen MR) is 256 cm³/mol. The number of hydrogen-bond acceptors (Lipinski definition) is 6. The van der Waals surface area contributed by atoms with Gasteiger partial charge in [-0.05, 0) is 77.0 Å². The molecule has 0 radical (unpaired) electrons. The van der Waals surface area contributed by atoms with Crippen LogP contribution in [0.25, 0.3) is 0 Å². The van der Waals surface area contributed by atoms with E-state index in [0.29, 0.717) is 24.1 Å². The monoisotopic (exact) mass is 867 g/mol. The van der Waals surface area contributed by atoms with Crippen LogP contribution in [0.5, 0.6) is 0 Å². The van der Waals surface area contributed by atoms with E-state index in [9.17, 15) is 14.3 Å². The molecule has 0 aliphatic heterocycles. The molecule has 0 spiro atoms. The van der Waals surface area contributed by atoms with Crippen LogP contribution in [-0.2, 0) is 27.9 Å². The molecule has 0 aromatic carbocycles. The van der Waals surface area contributed by atoms with Crippen molar-refractivity contribution in [1.29, 1.82) is 0 Å². The highest BCUT2D eigenvalue weighted by Crippen LogP contribution is 2.43. The number of quaternary nitrogens is 1. The number of unbranched alkanes of at least 4 members (excludes halogenated alkanes) is 24. The molecule has 2 unspecified atom stereocenters. The Kier molecular flexibility index (Phi) is 43.0. The Balaban J connectivity index is 4.17. The maximum Gasteiger partial charge on any atom is 0.472 e. The van der Waals surface area contributed by atoms with Crippen LogP contribution in [0.4, 0.5) is 0 Å². The number of likely N-dealkylation sites (N-methyl/N-ethyl adjacent to an activating group) is 1. The Hall–Kier alpha value is -1.54. The minimum absolute atomic E-state index is 0.0841. The fourth-order valence-corrected chi connectivity index (χ4v) is 7.47. The number of rotatable bonds is 46. The molecule has 0 saturated heterocycles. The number of phosphoric acid groups is 1. The second-order valence-electron chi connectivity index (χ2n) is 17.8. The van der Waals surface area contributed by atoms with Crippen molar-refractivity contribution in [2.45, 2.75) is 219 Å². The van der Waals surface area contributed by atoms with Gasteiger partial charge >= 0.3 is 13.8 Å². The summed E-state index contributed by atoms with van der Waals surface area (Å²) in [5, 5.41) is 0. The lowest BCUT2D eigenvalue weighted by molar-refractivity contribution is -0.870. The predicted octanol–water partition coefficient (Wildman–Crippen LogP) is 15.1. The van der Waals surface area contributed by atoms with E-state index in [0.717, 1.165) is 64.2 Å². The fraction of sp³-hybridized carbons (Fsp3) is 0.824. The van der Waals surface area contributed by atoms with E-state index in [1.165, 1.54) is 128 Å². The second kappa shape index (κ2) is 44.1. The first-order valence-electron chi connectivity index (χ1n) is 24.9. The van der Waals surface area contributed by atoms with Crippen molar-refractivity contribution >= 4 is 13.8 Å². The third-order valence-electron chi connectivity index (χ3n) is 10.6. The summed E-state index contributed by atoms with van der Waals surface area (Å²) < 4.78 is 35.1. The van der Waals surface area contributed by atoms with E-state index in [-0.39, 0.29) is 25.8 Å². The molecule has 2 atom stereocenters. The fourth-order valence-electron chi connectivity index (χ4n) is 6.73. The molecule has 0 aliphatic carbocycles. The molecular weight excluding hydrogens is 770 g/mol. The van der Waals surface area contributed by atoms with Gasteiger partial charge in [0.25, 0.3) is 0 Å². The van der Waals surface area contributed by atoms with Gasteiger partial charge in [0.2, 0.25) is 0 Å². The van der Waals surface area contributed by atoms with Gasteiger partial charge in [0.1, 0.15) is 19.3 Å². The standard InChI is InChI=1S/C51H96NO7P/c1-6-8-10-12-14-16-18-20-22-24-25-26-27-28-29-31-33-35-37-39-41-43-46-56-48-50(49-58-60(54,55)57-47-45-52(3,4)5)59-51(53)44-42-40-38-36-34-32-30-23-21-19-17-15-13-11-9-7-2/h17-20,23-25,30,50H,6-16,21-22,26-29,31-49H2,1-5H3/p+1/b19-17-,20-18-,25-24-,30-23-. The minimum atomic E-state index is -4.28. The quantitative estimate of drug-likeness (QED) is 0.0214. The number of phosphoric ester groups is 1. The molecule has 0 heterocycles. The molecule has 352 valence electrons. The zero-order chi connectivity index (χ0) is 44.1. The number of nitrogens with zero attached hydrogens (tertiary/aromatic N) is 1. The summed E-state index contributed by atoms with van der Waals surface area (Å²) in [4.78, 5) is 23.0. The lowest BCUT2D eigenvalue weighted by Crippen LogP contribution is -2.37. The molecule has 0 bridgehead atoms. The Labute approximate surface area is 371 Å². The van der Waals surface area contributed by atoms with Crippen LogP contribution >= 0.6 is 7.82 Å². The van der Waals surface area contributed by atoms with E-state index >= 15 is 0 Å². The maximum atomic E-state index is 12.7. The lowest BCUT2D eigenvalue weighted by atomic mass is 10.1. The summed E-state index contributed by atoms with van der Waals surface area (Å²) >= 11 is 0. The first-order valence-corrected chi connectivity index (χ1v) is 26.4. The summed E-state index contributed by atoms with van der Waals surface area (Å²) in [5.41, 5.74) is 0. The highest BCUT2D eigenvalue weighted by atomic mass is 31.2. The van der Waals surface area contributed by atoms with E-state index in [2.05, 4.69) is 62.5 Å². The number of carbonyl (C=O) groups is 1. The number of allylic oxidation sites excluding steroid dienone is 8. The summed E-state index contributed by atoms with van der Waals surface area (Å²) in [6.45, 7) is 5.58. The first kappa shape index (κ1) is 58.5. The molecule has 60 heavy (non-hydrogen) atoms. The Morgan fingerprint density at radius 1 is 0.517 bits per heavy atom. The van der Waals surface area contributed by atoms with Gasteiger partial charge in [0, 0.05) is 13.0 Å². The van der Waals surface area contributed by atoms with Gasteiger partial charge in [-0.3, -0.25) is 13.8 Å². The van der Waals surface area contributed by atoms with Crippen LogP contribution in [0.15, 0.2) is 48.6 Å². The summed E-state index contributed by atoms with van der Waals surface area (Å²) in [7, 11) is 1.66. The van der Waals surface area contributed by atoms with Crippen LogP contribution in [-0.4, -0.2) is 75.6 Å². The highest BCUT2D eigenvalue weighted by Gasteiger charge is 2.26. The summed E-state index contributed by atoms with van der Waals surface area (Å²) in [6.07, 6.45) is 54.3. The van der Waals surface area contributed by atoms with Crippen molar-refractivity contribution in [1.82, 2.24) is 0 Å². The molecule has 0 fully saturated rings. The zero-order valence-electron chi connectivity index (χ0n) is 39.9. The Bertz CT molecular complexity index is 1100. The van der Waals surface area contributed by atoms with Gasteiger partial charge < -0.3 is 18.9 Å². The van der Waals surface area contributed by atoms with Crippen LogP contribution in [0, 0.1) is 0 Å². The highest BCUT2D eigenvalue weighted by molar-refractivity contribution is 7.47. The van der Waals surface area contributed by atoms with Gasteiger partial charge in [-0.25, -0.2) is 4.57 Å². The van der Waals surface area contributed by atoms with E-state index in [4.69, 9.17) is 18.5 Å². The average molecular weight is 867 g/mol. The smallest absolute Gasteiger partial charge is 0.457 e. The molecule has 0 saturated carbocycles. The zero-order valence-corrected chi connectivity index (χ0v) is 40.8. The number of carbonyl (C=O) groups excluding carboxylic acids is 1. The van der Waals surface area contributed by atoms with E-state index in [1.807, 2.05) is 21.1 Å². The van der Waals surface area contributed by atoms with Gasteiger partial charge in [0.15, 0.2) is 0 Å². The van der Waals surface area contributed by atoms with Crippen LogP contribution in [0.2, 0.25) is 0 Å². The number of ether oxygens (including phenoxy) is 2. The van der Waals surface area contributed by atoms with E-state index < -0.39 is 13.9 Å². The van der Waals surface area contributed by atoms with Crippen molar-refractivity contribution in [2.24, 2.45) is 0 Å². The number of esters is 1. The van der Waals surface area contributed by atoms with Crippen LogP contribution < -0.4 is 0 Å². The molecular formula is C51H97NO7P+. The summed E-state index contributed by atoms with van der Waals surface area (Å²) in [5.74, 6) is -0.328. The molecule has 0 aromatic heterocycles. The summed E-state index contributed by atoms with van der Waals surface area (Å²) in [6, 6.07) is 0. The van der Waals surface area contributed by atoms with E-state index in [1.54, 1.807) is 0 Å². The molecule has 0 aromatic rings. The first-order chi connectivity index (χ1) is 29.1. The second-order valence-corrected chi connectivity index (χ2v) is 19.3. The van der Waals surface area contributed by atoms with Crippen molar-refractivity contribution in [2.75, 3.05) is 54.1 Å². The van der Waals surface area contributed by atoms with Crippen molar-refractivity contribution in [3.05, 3.63) is 48.6 Å². The lowest BCUT2D eigenvalue weighted by Gasteiger charge is -2.24. The van der Waals surface area contributed by atoms with Gasteiger partial charge in [0.05, 0.1) is 34.4 Å². The average Bonchev–Trinajstić information content (AvgIpc) is 3.20. The molecule has 0 amide bonds. The number of hydrogen-bond donors (Lipinski definition) is 1. The molecule has 8 nitrogen and oxygen atoms in total. The van der Waals surface area contributed by atoms with Crippen LogP contribution in [0.1, 0.15) is 213 Å². The topological polar surface area (TPSA) is 91.3 Å². The molecule has 9 heteroatoms. The van der Waals surface area contributed by atoms with Gasteiger partial charge in [-0.2, -0.15) is 0 Å². The maximum absolute atomic E-state index is 12.7. The minimum Gasteiger partial charge on any atom is -0.457 e.